The van der Waals surface area contributed by atoms with Crippen molar-refractivity contribution in [3.63, 3.8) is 0 Å². The Morgan fingerprint density at radius 2 is 1.10 bits per heavy atom. The summed E-state index contributed by atoms with van der Waals surface area (Å²) in [6, 6.07) is 0. The third-order valence-corrected chi connectivity index (χ3v) is 13.0. The Labute approximate surface area is 144 Å². The monoisotopic (exact) mass is 400 g/mol. The summed E-state index contributed by atoms with van der Waals surface area (Å²) >= 11 is -0.505. The first kappa shape index (κ1) is 18.6. The first-order valence-corrected chi connectivity index (χ1v) is 16.7. The van der Waals surface area contributed by atoms with Gasteiger partial charge in [0.25, 0.3) is 0 Å². The van der Waals surface area contributed by atoms with Gasteiger partial charge in [0.1, 0.15) is 0 Å². The summed E-state index contributed by atoms with van der Waals surface area (Å²) in [6.45, 7) is 15.0. The van der Waals surface area contributed by atoms with Gasteiger partial charge in [-0.2, -0.15) is 0 Å². The Kier molecular flexibility index (Phi) is 6.30. The van der Waals surface area contributed by atoms with Crippen molar-refractivity contribution < 1.29 is 23.2 Å². The molecule has 20 heavy (non-hydrogen) atoms. The minimum atomic E-state index is -1.12. The molecule has 0 nitrogen and oxygen atoms in total. The Bertz CT molecular complexity index is 454. The molecule has 0 aromatic rings. The van der Waals surface area contributed by atoms with Crippen molar-refractivity contribution in [1.82, 2.24) is 0 Å². The average Bonchev–Trinajstić information content (AvgIpc) is 2.83. The van der Waals surface area contributed by atoms with Gasteiger partial charge >= 0.3 is 133 Å². The molecule has 110 valence electrons. The van der Waals surface area contributed by atoms with Crippen molar-refractivity contribution in [1.29, 1.82) is 0 Å². The van der Waals surface area contributed by atoms with E-state index in [1.807, 2.05) is 6.56 Å². The standard InChI is InChI=1S/2C8H13Si.ClH.Zr/c2*1-9(2,3)8-6-4-5-7-8;;/h2*4,6H,5H2,1-3H3;1H;. The molecule has 0 aromatic heterocycles. The van der Waals surface area contributed by atoms with Crippen LogP contribution >= 0.6 is 12.4 Å². The van der Waals surface area contributed by atoms with Crippen molar-refractivity contribution in [2.45, 2.75) is 52.1 Å². The van der Waals surface area contributed by atoms with Gasteiger partial charge < -0.3 is 0 Å². The molecule has 0 amide bonds. The van der Waals surface area contributed by atoms with Crippen molar-refractivity contribution in [2.24, 2.45) is 0 Å². The minimum Gasteiger partial charge on any atom is -0.147 e. The van der Waals surface area contributed by atoms with E-state index in [1.54, 1.807) is 10.4 Å². The fourth-order valence-electron chi connectivity index (χ4n) is 2.83. The summed E-state index contributed by atoms with van der Waals surface area (Å²) in [6.07, 6.45) is 12.3. The summed E-state index contributed by atoms with van der Waals surface area (Å²) < 4.78 is 3.77. The van der Waals surface area contributed by atoms with Crippen molar-refractivity contribution in [3.05, 3.63) is 41.3 Å². The van der Waals surface area contributed by atoms with Gasteiger partial charge in [0.15, 0.2) is 0 Å². The zero-order valence-corrected chi connectivity index (χ0v) is 18.9. The molecule has 0 radical (unpaired) electrons. The minimum absolute atomic E-state index is 0. The second-order valence-electron chi connectivity index (χ2n) is 7.62. The Balaban J connectivity index is 0.00000200. The Hall–Kier alpha value is 0.567. The maximum Gasteiger partial charge on any atom is -0.147 e. The molecule has 2 rings (SSSR count). The molecule has 0 saturated heterocycles. The van der Waals surface area contributed by atoms with Gasteiger partial charge in [0.2, 0.25) is 0 Å². The van der Waals surface area contributed by atoms with Crippen LogP contribution in [0.25, 0.3) is 0 Å². The molecule has 0 heterocycles. The summed E-state index contributed by atoms with van der Waals surface area (Å²) in [5.74, 6) is 0. The maximum absolute atomic E-state index is 2.50. The molecule has 0 atom stereocenters. The second kappa shape index (κ2) is 6.77. The van der Waals surface area contributed by atoms with E-state index in [2.05, 4.69) is 63.6 Å². The van der Waals surface area contributed by atoms with Crippen molar-refractivity contribution >= 4 is 28.6 Å². The van der Waals surface area contributed by atoms with Gasteiger partial charge in [-0.1, -0.05) is 0 Å². The van der Waals surface area contributed by atoms with Crippen LogP contribution in [0.5, 0.6) is 0 Å². The molecular formula is C16H27ClSi2Zr. The van der Waals surface area contributed by atoms with Crippen LogP contribution in [-0.2, 0) is 23.2 Å². The van der Waals surface area contributed by atoms with E-state index >= 15 is 0 Å². The van der Waals surface area contributed by atoms with Crippen LogP contribution in [-0.4, -0.2) is 16.1 Å². The van der Waals surface area contributed by atoms with E-state index in [0.29, 0.717) is 0 Å². The van der Waals surface area contributed by atoms with Gasteiger partial charge in [-0.05, 0) is 0 Å². The fourth-order valence-corrected chi connectivity index (χ4v) is 15.4. The second-order valence-corrected chi connectivity index (χ2v) is 21.3. The molecule has 0 spiro atoms. The van der Waals surface area contributed by atoms with Gasteiger partial charge in [0.05, 0.1) is 0 Å². The maximum atomic E-state index is 2.50. The smallest absolute Gasteiger partial charge is 0.147 e. The Morgan fingerprint density at radius 3 is 1.40 bits per heavy atom. The molecular weight excluding hydrogens is 375 g/mol. The summed E-state index contributed by atoms with van der Waals surface area (Å²) in [7, 11) is -2.25. The van der Waals surface area contributed by atoms with E-state index in [0.717, 1.165) is 0 Å². The van der Waals surface area contributed by atoms with Crippen LogP contribution in [0, 0.1) is 0 Å². The SMILES string of the molecule is C[Si](C)(C)C1=[C]([Zr][C]2=C([Si](C)(C)C)C=CC2)CC=C1.Cl. The van der Waals surface area contributed by atoms with Gasteiger partial charge in [0, 0.05) is 0 Å². The number of halogens is 1. The predicted octanol–water partition coefficient (Wildman–Crippen LogP) is 5.67. The third-order valence-electron chi connectivity index (χ3n) is 3.78. The molecule has 0 unspecified atom stereocenters. The quantitative estimate of drug-likeness (QED) is 0.532. The predicted molar refractivity (Wildman–Crippen MR) is 95.5 cm³/mol. The van der Waals surface area contributed by atoms with Crippen LogP contribution in [0.1, 0.15) is 12.8 Å². The Morgan fingerprint density at radius 1 is 0.750 bits per heavy atom. The molecule has 2 aliphatic rings. The van der Waals surface area contributed by atoms with E-state index in [-0.39, 0.29) is 12.4 Å². The van der Waals surface area contributed by atoms with E-state index in [4.69, 9.17) is 0 Å². The number of hydrogen-bond acceptors (Lipinski definition) is 0. The summed E-state index contributed by atoms with van der Waals surface area (Å²) in [4.78, 5) is 0. The van der Waals surface area contributed by atoms with Crippen LogP contribution in [0.3, 0.4) is 0 Å². The van der Waals surface area contributed by atoms with Crippen LogP contribution < -0.4 is 0 Å². The molecule has 0 aromatic carbocycles. The van der Waals surface area contributed by atoms with Gasteiger partial charge in [-0.25, -0.2) is 0 Å². The van der Waals surface area contributed by atoms with E-state index in [9.17, 15) is 0 Å². The molecule has 4 heteroatoms. The number of hydrogen-bond donors (Lipinski definition) is 0. The van der Waals surface area contributed by atoms with Gasteiger partial charge in [-0.3, -0.25) is 0 Å². The average molecular weight is 402 g/mol. The molecule has 0 bridgehead atoms. The van der Waals surface area contributed by atoms with Crippen molar-refractivity contribution in [3.8, 4) is 0 Å². The largest absolute Gasteiger partial charge is 0.147 e. The zero-order valence-electron chi connectivity index (χ0n) is 13.6. The molecule has 0 saturated carbocycles. The van der Waals surface area contributed by atoms with Crippen LogP contribution in [0.4, 0.5) is 0 Å². The molecule has 0 aliphatic heterocycles. The summed E-state index contributed by atoms with van der Waals surface area (Å²) in [5.41, 5.74) is 0. The van der Waals surface area contributed by atoms with Gasteiger partial charge in [-0.15, -0.1) is 12.4 Å². The first-order valence-electron chi connectivity index (χ1n) is 7.27. The number of rotatable bonds is 4. The molecule has 0 N–H and O–H groups in total. The van der Waals surface area contributed by atoms with Crippen LogP contribution in [0.15, 0.2) is 41.3 Å². The molecule has 2 aliphatic carbocycles. The van der Waals surface area contributed by atoms with Crippen LogP contribution in [0.2, 0.25) is 39.3 Å². The van der Waals surface area contributed by atoms with E-state index in [1.165, 1.54) is 12.8 Å². The van der Waals surface area contributed by atoms with Crippen molar-refractivity contribution in [2.75, 3.05) is 0 Å². The topological polar surface area (TPSA) is 0 Å². The first-order chi connectivity index (χ1) is 8.69. The summed E-state index contributed by atoms with van der Waals surface area (Å²) in [5, 5.41) is 3.57. The molecule has 0 fully saturated rings. The fraction of sp³-hybridized carbons (Fsp3) is 0.500. The number of allylic oxidation sites excluding steroid dienone is 8. The normalized spacial score (nSPS) is 18.9. The zero-order chi connectivity index (χ0) is 14.3. The third kappa shape index (κ3) is 4.29. The van der Waals surface area contributed by atoms with E-state index < -0.39 is 39.4 Å².